The lowest BCUT2D eigenvalue weighted by Gasteiger charge is -2.08. The minimum atomic E-state index is -0.274. The Balaban J connectivity index is 2.22. The quantitative estimate of drug-likeness (QED) is 0.827. The Morgan fingerprint density at radius 2 is 2.11 bits per heavy atom. The van der Waals surface area contributed by atoms with Crippen LogP contribution < -0.4 is 15.8 Å². The molecule has 1 heterocycles. The lowest BCUT2D eigenvalue weighted by Crippen LogP contribution is -2.13. The third kappa shape index (κ3) is 3.22. The zero-order chi connectivity index (χ0) is 13.8. The van der Waals surface area contributed by atoms with Crippen molar-refractivity contribution < 1.29 is 9.53 Å². The number of hydrogen-bond acceptors (Lipinski definition) is 4. The highest BCUT2D eigenvalue weighted by atomic mass is 16.5. The molecule has 1 aromatic carbocycles. The molecular weight excluding hydrogens is 242 g/mol. The maximum absolute atomic E-state index is 12.1. The normalized spacial score (nSPS) is 10.0. The number of pyridine rings is 1. The van der Waals surface area contributed by atoms with Gasteiger partial charge in [-0.15, -0.1) is 0 Å². The van der Waals surface area contributed by atoms with Crippen molar-refractivity contribution in [3.05, 3.63) is 47.7 Å². The van der Waals surface area contributed by atoms with E-state index >= 15 is 0 Å². The van der Waals surface area contributed by atoms with Gasteiger partial charge in [0.05, 0.1) is 7.11 Å². The van der Waals surface area contributed by atoms with Crippen molar-refractivity contribution in [2.75, 3.05) is 18.2 Å². The number of nitrogen functional groups attached to an aromatic ring is 1. The number of ether oxygens (including phenoxy) is 1. The second kappa shape index (κ2) is 5.39. The van der Waals surface area contributed by atoms with Crippen molar-refractivity contribution in [1.82, 2.24) is 4.98 Å². The number of nitrogens with zero attached hydrogens (tertiary/aromatic N) is 1. The van der Waals surface area contributed by atoms with Gasteiger partial charge >= 0.3 is 0 Å². The molecule has 3 N–H and O–H groups in total. The third-order valence-electron chi connectivity index (χ3n) is 2.58. The van der Waals surface area contributed by atoms with E-state index in [0.717, 1.165) is 5.56 Å². The number of nitrogens with one attached hydrogen (secondary N) is 1. The van der Waals surface area contributed by atoms with E-state index < -0.39 is 0 Å². The fourth-order valence-electron chi connectivity index (χ4n) is 1.66. The number of anilines is 2. The van der Waals surface area contributed by atoms with Crippen LogP contribution in [0.3, 0.4) is 0 Å². The Bertz CT molecular complexity index is 611. The van der Waals surface area contributed by atoms with Gasteiger partial charge in [0.15, 0.2) is 0 Å². The number of rotatable bonds is 3. The molecule has 1 aromatic heterocycles. The summed E-state index contributed by atoms with van der Waals surface area (Å²) < 4.78 is 5.08. The van der Waals surface area contributed by atoms with Crippen molar-refractivity contribution >= 4 is 17.4 Å². The molecule has 0 saturated carbocycles. The van der Waals surface area contributed by atoms with Gasteiger partial charge in [0.25, 0.3) is 5.91 Å². The summed E-state index contributed by atoms with van der Waals surface area (Å²) >= 11 is 0. The largest absolute Gasteiger partial charge is 0.497 e. The van der Waals surface area contributed by atoms with E-state index in [9.17, 15) is 4.79 Å². The minimum absolute atomic E-state index is 0.274. The van der Waals surface area contributed by atoms with Crippen LogP contribution in [0.1, 0.15) is 15.9 Å². The molecule has 0 radical (unpaired) electrons. The second-order valence-electron chi connectivity index (χ2n) is 4.17. The van der Waals surface area contributed by atoms with Crippen molar-refractivity contribution in [2.24, 2.45) is 0 Å². The number of methoxy groups -OCH3 is 1. The maximum Gasteiger partial charge on any atom is 0.257 e. The van der Waals surface area contributed by atoms with Crippen LogP contribution in [0.25, 0.3) is 0 Å². The van der Waals surface area contributed by atoms with Gasteiger partial charge in [0, 0.05) is 23.5 Å². The van der Waals surface area contributed by atoms with Gasteiger partial charge in [-0.25, -0.2) is 4.98 Å². The molecule has 0 aliphatic heterocycles. The Kier molecular flexibility index (Phi) is 3.66. The summed E-state index contributed by atoms with van der Waals surface area (Å²) in [6, 6.07) is 8.53. The monoisotopic (exact) mass is 257 g/mol. The smallest absolute Gasteiger partial charge is 0.257 e. The van der Waals surface area contributed by atoms with Crippen molar-refractivity contribution in [3.63, 3.8) is 0 Å². The van der Waals surface area contributed by atoms with E-state index in [0.29, 0.717) is 22.8 Å². The molecule has 19 heavy (non-hydrogen) atoms. The second-order valence-corrected chi connectivity index (χ2v) is 4.17. The Morgan fingerprint density at radius 3 is 2.79 bits per heavy atom. The summed E-state index contributed by atoms with van der Waals surface area (Å²) in [5.41, 5.74) is 7.64. The van der Waals surface area contributed by atoms with E-state index in [1.54, 1.807) is 30.5 Å². The molecule has 5 nitrogen and oxygen atoms in total. The van der Waals surface area contributed by atoms with Gasteiger partial charge in [0.1, 0.15) is 11.6 Å². The van der Waals surface area contributed by atoms with Crippen LogP contribution in [0.15, 0.2) is 36.5 Å². The van der Waals surface area contributed by atoms with Crippen molar-refractivity contribution in [1.29, 1.82) is 0 Å². The van der Waals surface area contributed by atoms with Crippen LogP contribution in [0, 0.1) is 6.92 Å². The van der Waals surface area contributed by atoms with Crippen molar-refractivity contribution in [2.45, 2.75) is 6.92 Å². The lowest BCUT2D eigenvalue weighted by molar-refractivity contribution is 0.102. The molecule has 0 bridgehead atoms. The van der Waals surface area contributed by atoms with Crippen LogP contribution in [-0.4, -0.2) is 18.0 Å². The van der Waals surface area contributed by atoms with Crippen molar-refractivity contribution in [3.8, 4) is 5.75 Å². The predicted octanol–water partition coefficient (Wildman–Crippen LogP) is 2.23. The van der Waals surface area contributed by atoms with Crippen LogP contribution in [-0.2, 0) is 0 Å². The first-order valence-corrected chi connectivity index (χ1v) is 5.77. The number of carbonyl (C=O) groups is 1. The average Bonchev–Trinajstić information content (AvgIpc) is 2.38. The molecule has 0 aliphatic rings. The van der Waals surface area contributed by atoms with Crippen LogP contribution in [0.5, 0.6) is 5.75 Å². The van der Waals surface area contributed by atoms with Crippen LogP contribution in [0.4, 0.5) is 11.5 Å². The van der Waals surface area contributed by atoms with E-state index in [1.165, 1.54) is 7.11 Å². The van der Waals surface area contributed by atoms with Gasteiger partial charge in [-0.2, -0.15) is 0 Å². The fraction of sp³-hybridized carbons (Fsp3) is 0.143. The number of nitrogens with two attached hydrogens (primary N) is 1. The van der Waals surface area contributed by atoms with Crippen LogP contribution >= 0.6 is 0 Å². The minimum Gasteiger partial charge on any atom is -0.497 e. The predicted molar refractivity (Wildman–Crippen MR) is 74.3 cm³/mol. The van der Waals surface area contributed by atoms with E-state index in [1.807, 2.05) is 13.0 Å². The molecule has 1 amide bonds. The summed E-state index contributed by atoms with van der Waals surface area (Å²) in [4.78, 5) is 16.2. The third-order valence-corrected chi connectivity index (χ3v) is 2.58. The van der Waals surface area contributed by atoms with E-state index in [-0.39, 0.29) is 5.91 Å². The van der Waals surface area contributed by atoms with E-state index in [2.05, 4.69) is 10.3 Å². The zero-order valence-corrected chi connectivity index (χ0v) is 10.8. The summed E-state index contributed by atoms with van der Waals surface area (Å²) in [6.45, 7) is 1.93. The number of aryl methyl sites for hydroxylation is 1. The topological polar surface area (TPSA) is 77.2 Å². The summed E-state index contributed by atoms with van der Waals surface area (Å²) in [5, 5.41) is 2.72. The zero-order valence-electron chi connectivity index (χ0n) is 10.8. The Morgan fingerprint density at radius 1 is 1.32 bits per heavy atom. The van der Waals surface area contributed by atoms with Crippen LogP contribution in [0.2, 0.25) is 0 Å². The molecule has 0 unspecified atom stereocenters. The average molecular weight is 257 g/mol. The summed E-state index contributed by atoms with van der Waals surface area (Å²) in [5.74, 6) is 0.775. The number of benzene rings is 1. The first-order valence-electron chi connectivity index (χ1n) is 5.77. The number of hydrogen-bond donors (Lipinski definition) is 2. The Labute approximate surface area is 111 Å². The van der Waals surface area contributed by atoms with Gasteiger partial charge < -0.3 is 15.8 Å². The van der Waals surface area contributed by atoms with E-state index in [4.69, 9.17) is 10.5 Å². The highest BCUT2D eigenvalue weighted by molar-refractivity contribution is 6.04. The highest BCUT2D eigenvalue weighted by Crippen LogP contribution is 2.19. The molecular formula is C14H15N3O2. The molecule has 0 saturated heterocycles. The maximum atomic E-state index is 12.1. The van der Waals surface area contributed by atoms with Gasteiger partial charge in [-0.1, -0.05) is 0 Å². The SMILES string of the molecule is COc1cc(N)cc(C(=O)Nc2cc(C)ccn2)c1. The molecule has 5 heteroatoms. The molecule has 0 atom stereocenters. The molecule has 0 spiro atoms. The fourth-order valence-corrected chi connectivity index (χ4v) is 1.66. The lowest BCUT2D eigenvalue weighted by atomic mass is 10.1. The first-order chi connectivity index (χ1) is 9.08. The molecule has 2 aromatic rings. The summed E-state index contributed by atoms with van der Waals surface area (Å²) in [7, 11) is 1.53. The van der Waals surface area contributed by atoms with Gasteiger partial charge in [-0.3, -0.25) is 4.79 Å². The first kappa shape index (κ1) is 12.9. The number of carbonyl (C=O) groups excluding carboxylic acids is 1. The molecule has 2 rings (SSSR count). The Hall–Kier alpha value is -2.56. The molecule has 0 aliphatic carbocycles. The standard InChI is InChI=1S/C14H15N3O2/c1-9-3-4-16-13(5-9)17-14(18)10-6-11(15)8-12(7-10)19-2/h3-8H,15H2,1-2H3,(H,16,17,18). The molecule has 98 valence electrons. The number of aromatic nitrogens is 1. The molecule has 0 fully saturated rings. The van der Waals surface area contributed by atoms with Gasteiger partial charge in [-0.05, 0) is 36.8 Å². The van der Waals surface area contributed by atoms with Gasteiger partial charge in [0.2, 0.25) is 0 Å². The highest BCUT2D eigenvalue weighted by Gasteiger charge is 2.09. The summed E-state index contributed by atoms with van der Waals surface area (Å²) in [6.07, 6.45) is 1.64. The number of amides is 1.